The van der Waals surface area contributed by atoms with Crippen LogP contribution in [0.25, 0.3) is 0 Å². The van der Waals surface area contributed by atoms with Gasteiger partial charge in [-0.2, -0.15) is 5.10 Å². The summed E-state index contributed by atoms with van der Waals surface area (Å²) in [5.41, 5.74) is 0.998. The predicted molar refractivity (Wildman–Crippen MR) is 70.6 cm³/mol. The van der Waals surface area contributed by atoms with E-state index in [1.54, 1.807) is 18.7 Å². The fourth-order valence-electron chi connectivity index (χ4n) is 1.57. The van der Waals surface area contributed by atoms with E-state index < -0.39 is 5.56 Å². The van der Waals surface area contributed by atoms with Crippen LogP contribution in [0.1, 0.15) is 11.4 Å². The van der Waals surface area contributed by atoms with E-state index in [9.17, 15) is 4.79 Å². The van der Waals surface area contributed by atoms with E-state index in [1.165, 1.54) is 10.9 Å². The third-order valence-electron chi connectivity index (χ3n) is 2.52. The highest BCUT2D eigenvalue weighted by Gasteiger charge is 2.14. The molecule has 0 aromatic carbocycles. The minimum absolute atomic E-state index is 0.00907. The average Bonchev–Trinajstić information content (AvgIpc) is 2.56. The van der Waals surface area contributed by atoms with Crippen LogP contribution in [0.2, 0.25) is 15.2 Å². The van der Waals surface area contributed by atoms with Crippen molar-refractivity contribution in [3.63, 3.8) is 0 Å². The summed E-state index contributed by atoms with van der Waals surface area (Å²) in [4.78, 5) is 15.7. The standard InChI is InChI=1S/C10H9Cl3N4O/c1-5-7(11)6(16(2)15-5)3-17-4-14-9(13)8(12)10(17)18/h4H,3H2,1-2H3. The topological polar surface area (TPSA) is 52.7 Å². The molecule has 0 radical (unpaired) electrons. The van der Waals surface area contributed by atoms with Gasteiger partial charge in [-0.05, 0) is 6.92 Å². The van der Waals surface area contributed by atoms with Crippen molar-refractivity contribution >= 4 is 34.8 Å². The number of nitrogens with zero attached hydrogens (tertiary/aromatic N) is 4. The Morgan fingerprint density at radius 3 is 2.50 bits per heavy atom. The maximum Gasteiger partial charge on any atom is 0.274 e. The molecule has 5 nitrogen and oxygen atoms in total. The number of hydrogen-bond donors (Lipinski definition) is 0. The summed E-state index contributed by atoms with van der Waals surface area (Å²) in [7, 11) is 1.75. The quantitative estimate of drug-likeness (QED) is 0.800. The lowest BCUT2D eigenvalue weighted by atomic mass is 10.3. The van der Waals surface area contributed by atoms with Crippen molar-refractivity contribution in [1.82, 2.24) is 19.3 Å². The Morgan fingerprint density at radius 2 is 1.94 bits per heavy atom. The first-order valence-corrected chi connectivity index (χ1v) is 6.13. The van der Waals surface area contributed by atoms with Gasteiger partial charge in [0.25, 0.3) is 5.56 Å². The smallest absolute Gasteiger partial charge is 0.274 e. The van der Waals surface area contributed by atoms with Crippen LogP contribution in [-0.4, -0.2) is 19.3 Å². The number of hydrogen-bond acceptors (Lipinski definition) is 3. The molecule has 2 heterocycles. The SMILES string of the molecule is Cc1nn(C)c(Cn2cnc(Cl)c(Cl)c2=O)c1Cl. The summed E-state index contributed by atoms with van der Waals surface area (Å²) in [6, 6.07) is 0. The highest BCUT2D eigenvalue weighted by atomic mass is 35.5. The van der Waals surface area contributed by atoms with Gasteiger partial charge in [0, 0.05) is 7.05 Å². The van der Waals surface area contributed by atoms with E-state index in [1.807, 2.05) is 0 Å². The first-order chi connectivity index (χ1) is 8.41. The Bertz CT molecular complexity index is 662. The second-order valence-corrected chi connectivity index (χ2v) is 4.87. The maximum atomic E-state index is 11.9. The van der Waals surface area contributed by atoms with Gasteiger partial charge in [0.1, 0.15) is 5.02 Å². The van der Waals surface area contributed by atoms with E-state index >= 15 is 0 Å². The zero-order valence-electron chi connectivity index (χ0n) is 9.62. The third kappa shape index (κ3) is 2.25. The van der Waals surface area contributed by atoms with Crippen molar-refractivity contribution in [2.75, 3.05) is 0 Å². The van der Waals surface area contributed by atoms with E-state index in [4.69, 9.17) is 34.8 Å². The van der Waals surface area contributed by atoms with Gasteiger partial charge in [-0.3, -0.25) is 14.0 Å². The fraction of sp³-hybridized carbons (Fsp3) is 0.300. The molecule has 0 amide bonds. The van der Waals surface area contributed by atoms with E-state index in [-0.39, 0.29) is 16.7 Å². The van der Waals surface area contributed by atoms with Crippen molar-refractivity contribution < 1.29 is 0 Å². The van der Waals surface area contributed by atoms with E-state index in [2.05, 4.69) is 10.1 Å². The molecule has 96 valence electrons. The van der Waals surface area contributed by atoms with Crippen molar-refractivity contribution in [1.29, 1.82) is 0 Å². The van der Waals surface area contributed by atoms with Crippen LogP contribution in [0, 0.1) is 6.92 Å². The van der Waals surface area contributed by atoms with Gasteiger partial charge >= 0.3 is 0 Å². The second-order valence-electron chi connectivity index (χ2n) is 3.75. The predicted octanol–water partition coefficient (Wildman–Crippen LogP) is 2.29. The molecule has 0 aliphatic rings. The molecule has 0 unspecified atom stereocenters. The fourth-order valence-corrected chi connectivity index (χ4v) is 2.07. The minimum atomic E-state index is -0.411. The highest BCUT2D eigenvalue weighted by molar-refractivity contribution is 6.40. The Balaban J connectivity index is 2.47. The molecule has 0 saturated carbocycles. The second kappa shape index (κ2) is 4.91. The molecule has 18 heavy (non-hydrogen) atoms. The van der Waals surface area contributed by atoms with E-state index in [0.717, 1.165) is 0 Å². The summed E-state index contributed by atoms with van der Waals surface area (Å²) in [5, 5.41) is 4.58. The Morgan fingerprint density at radius 1 is 1.28 bits per heavy atom. The van der Waals surface area contributed by atoms with E-state index in [0.29, 0.717) is 16.4 Å². The summed E-state index contributed by atoms with van der Waals surface area (Å²) in [6.45, 7) is 2.03. The van der Waals surface area contributed by atoms with Crippen LogP contribution in [0.5, 0.6) is 0 Å². The maximum absolute atomic E-state index is 11.9. The first-order valence-electron chi connectivity index (χ1n) is 5.00. The molecular formula is C10H9Cl3N4O. The molecule has 0 bridgehead atoms. The van der Waals surface area contributed by atoms with Crippen molar-refractivity contribution in [3.05, 3.63) is 43.3 Å². The molecule has 2 aromatic rings. The number of aryl methyl sites for hydroxylation is 2. The average molecular weight is 308 g/mol. The molecule has 0 atom stereocenters. The Kier molecular flexibility index (Phi) is 3.66. The van der Waals surface area contributed by atoms with Gasteiger partial charge in [0.05, 0.1) is 29.3 Å². The normalized spacial score (nSPS) is 10.9. The van der Waals surface area contributed by atoms with Crippen molar-refractivity contribution in [2.45, 2.75) is 13.5 Å². The number of halogens is 3. The Hall–Kier alpha value is -1.04. The molecule has 0 saturated heterocycles. The molecule has 0 aliphatic heterocycles. The lowest BCUT2D eigenvalue weighted by Gasteiger charge is -2.07. The van der Waals surface area contributed by atoms with Gasteiger partial charge < -0.3 is 0 Å². The molecular weight excluding hydrogens is 298 g/mol. The summed E-state index contributed by atoms with van der Waals surface area (Å²) in [6.07, 6.45) is 1.33. The zero-order valence-corrected chi connectivity index (χ0v) is 11.9. The first kappa shape index (κ1) is 13.4. The third-order valence-corrected chi connectivity index (χ3v) is 3.74. The van der Waals surface area contributed by atoms with Crippen LogP contribution < -0.4 is 5.56 Å². The molecule has 0 fully saturated rings. The summed E-state index contributed by atoms with van der Waals surface area (Å²) in [5.74, 6) is 0. The minimum Gasteiger partial charge on any atom is -0.292 e. The van der Waals surface area contributed by atoms with Crippen LogP contribution in [0.3, 0.4) is 0 Å². The summed E-state index contributed by atoms with van der Waals surface area (Å²) < 4.78 is 2.95. The van der Waals surface area contributed by atoms with Crippen LogP contribution in [-0.2, 0) is 13.6 Å². The molecule has 2 rings (SSSR count). The molecule has 0 aliphatic carbocycles. The van der Waals surface area contributed by atoms with Crippen LogP contribution in [0.4, 0.5) is 0 Å². The molecule has 0 N–H and O–H groups in total. The number of rotatable bonds is 2. The Labute approximate surface area is 118 Å². The molecule has 8 heteroatoms. The number of aromatic nitrogens is 4. The van der Waals surface area contributed by atoms with Gasteiger partial charge in [-0.15, -0.1) is 0 Å². The molecule has 2 aromatic heterocycles. The zero-order chi connectivity index (χ0) is 13.4. The monoisotopic (exact) mass is 306 g/mol. The lowest BCUT2D eigenvalue weighted by Crippen LogP contribution is -2.22. The highest BCUT2D eigenvalue weighted by Crippen LogP contribution is 2.20. The van der Waals surface area contributed by atoms with Crippen molar-refractivity contribution in [3.8, 4) is 0 Å². The largest absolute Gasteiger partial charge is 0.292 e. The van der Waals surface area contributed by atoms with Gasteiger partial charge in [-0.1, -0.05) is 34.8 Å². The van der Waals surface area contributed by atoms with Gasteiger partial charge in [-0.25, -0.2) is 4.98 Å². The van der Waals surface area contributed by atoms with Gasteiger partial charge in [0.2, 0.25) is 0 Å². The van der Waals surface area contributed by atoms with Gasteiger partial charge in [0.15, 0.2) is 5.15 Å². The van der Waals surface area contributed by atoms with Crippen LogP contribution in [0.15, 0.2) is 11.1 Å². The van der Waals surface area contributed by atoms with Crippen LogP contribution >= 0.6 is 34.8 Å². The summed E-state index contributed by atoms with van der Waals surface area (Å²) >= 11 is 17.5. The lowest BCUT2D eigenvalue weighted by molar-refractivity contribution is 0.644. The molecule has 0 spiro atoms. The van der Waals surface area contributed by atoms with Crippen molar-refractivity contribution in [2.24, 2.45) is 7.05 Å².